The SMILES string of the molecule is NCC1CCNc2cc(-c3ccc(O)cc3)nn21. The highest BCUT2D eigenvalue weighted by molar-refractivity contribution is 5.64. The number of anilines is 1. The molecule has 0 saturated carbocycles. The van der Waals surface area contributed by atoms with Crippen LogP contribution in [0.4, 0.5) is 5.82 Å². The van der Waals surface area contributed by atoms with Gasteiger partial charge in [-0.15, -0.1) is 0 Å². The van der Waals surface area contributed by atoms with Gasteiger partial charge in [0, 0.05) is 24.7 Å². The number of nitrogens with zero attached hydrogens (tertiary/aromatic N) is 2. The number of phenolic OH excluding ortho intramolecular Hbond substituents is 1. The number of nitrogens with two attached hydrogens (primary N) is 1. The summed E-state index contributed by atoms with van der Waals surface area (Å²) in [6, 6.07) is 9.35. The molecule has 1 aliphatic rings. The van der Waals surface area contributed by atoms with Crippen LogP contribution in [0.2, 0.25) is 0 Å². The number of nitrogens with one attached hydrogen (secondary N) is 1. The molecule has 5 heteroatoms. The molecule has 18 heavy (non-hydrogen) atoms. The molecule has 1 unspecified atom stereocenters. The van der Waals surface area contributed by atoms with E-state index in [-0.39, 0.29) is 11.8 Å². The third-order valence-corrected chi connectivity index (χ3v) is 3.30. The third kappa shape index (κ3) is 1.82. The van der Waals surface area contributed by atoms with Crippen LogP contribution in [0.15, 0.2) is 30.3 Å². The van der Waals surface area contributed by atoms with E-state index in [1.807, 2.05) is 22.9 Å². The first-order valence-corrected chi connectivity index (χ1v) is 6.11. The monoisotopic (exact) mass is 244 g/mol. The largest absolute Gasteiger partial charge is 0.508 e. The summed E-state index contributed by atoms with van der Waals surface area (Å²) in [5.74, 6) is 1.28. The molecular formula is C13H16N4O. The minimum atomic E-state index is 0.265. The van der Waals surface area contributed by atoms with E-state index in [0.717, 1.165) is 30.0 Å². The summed E-state index contributed by atoms with van der Waals surface area (Å²) in [4.78, 5) is 0. The second-order valence-electron chi connectivity index (χ2n) is 4.51. The van der Waals surface area contributed by atoms with Crippen molar-refractivity contribution in [3.63, 3.8) is 0 Å². The molecular weight excluding hydrogens is 228 g/mol. The molecule has 94 valence electrons. The first kappa shape index (κ1) is 11.1. The van der Waals surface area contributed by atoms with Gasteiger partial charge in [0.25, 0.3) is 0 Å². The molecule has 0 radical (unpaired) electrons. The van der Waals surface area contributed by atoms with Crippen molar-refractivity contribution in [2.75, 3.05) is 18.4 Å². The van der Waals surface area contributed by atoms with Gasteiger partial charge in [0.1, 0.15) is 11.6 Å². The van der Waals surface area contributed by atoms with Gasteiger partial charge in [0.2, 0.25) is 0 Å². The van der Waals surface area contributed by atoms with Crippen molar-refractivity contribution in [3.8, 4) is 17.0 Å². The second-order valence-corrected chi connectivity index (χ2v) is 4.51. The minimum absolute atomic E-state index is 0.265. The van der Waals surface area contributed by atoms with Crippen molar-refractivity contribution in [3.05, 3.63) is 30.3 Å². The summed E-state index contributed by atoms with van der Waals surface area (Å²) in [7, 11) is 0. The summed E-state index contributed by atoms with van der Waals surface area (Å²) in [5, 5.41) is 17.2. The molecule has 5 nitrogen and oxygen atoms in total. The Labute approximate surface area is 105 Å². The molecule has 1 aliphatic heterocycles. The number of hydrogen-bond donors (Lipinski definition) is 3. The fourth-order valence-corrected chi connectivity index (χ4v) is 2.28. The van der Waals surface area contributed by atoms with Gasteiger partial charge < -0.3 is 16.2 Å². The lowest BCUT2D eigenvalue weighted by Gasteiger charge is -2.24. The van der Waals surface area contributed by atoms with Crippen molar-refractivity contribution in [1.29, 1.82) is 0 Å². The van der Waals surface area contributed by atoms with Crippen molar-refractivity contribution in [2.45, 2.75) is 12.5 Å². The van der Waals surface area contributed by atoms with Crippen molar-refractivity contribution in [2.24, 2.45) is 5.73 Å². The standard InChI is InChI=1S/C13H16N4O/c14-8-10-5-6-15-13-7-12(16-17(10)13)9-1-3-11(18)4-2-9/h1-4,7,10,15,18H,5-6,8,14H2. The summed E-state index contributed by atoms with van der Waals surface area (Å²) in [6.07, 6.45) is 1.00. The van der Waals surface area contributed by atoms with Crippen LogP contribution >= 0.6 is 0 Å². The molecule has 3 rings (SSSR count). The Morgan fingerprint density at radius 1 is 1.39 bits per heavy atom. The Morgan fingerprint density at radius 2 is 2.17 bits per heavy atom. The van der Waals surface area contributed by atoms with Crippen molar-refractivity contribution in [1.82, 2.24) is 9.78 Å². The van der Waals surface area contributed by atoms with Crippen LogP contribution in [0.5, 0.6) is 5.75 Å². The van der Waals surface area contributed by atoms with Crippen LogP contribution in [0.1, 0.15) is 12.5 Å². The zero-order chi connectivity index (χ0) is 12.5. The fourth-order valence-electron chi connectivity index (χ4n) is 2.28. The lowest BCUT2D eigenvalue weighted by Crippen LogP contribution is -2.28. The van der Waals surface area contributed by atoms with E-state index in [1.54, 1.807) is 12.1 Å². The zero-order valence-corrected chi connectivity index (χ0v) is 10.0. The summed E-state index contributed by atoms with van der Waals surface area (Å²) in [5.41, 5.74) is 7.66. The van der Waals surface area contributed by atoms with E-state index < -0.39 is 0 Å². The maximum atomic E-state index is 9.29. The minimum Gasteiger partial charge on any atom is -0.508 e. The predicted molar refractivity (Wildman–Crippen MR) is 70.5 cm³/mol. The second kappa shape index (κ2) is 4.34. The first-order chi connectivity index (χ1) is 8.78. The lowest BCUT2D eigenvalue weighted by atomic mass is 10.1. The van der Waals surface area contributed by atoms with E-state index in [0.29, 0.717) is 6.54 Å². The number of hydrogen-bond acceptors (Lipinski definition) is 4. The van der Waals surface area contributed by atoms with Gasteiger partial charge in [-0.05, 0) is 30.7 Å². The molecule has 1 aromatic carbocycles. The normalized spacial score (nSPS) is 18.2. The van der Waals surface area contributed by atoms with Gasteiger partial charge in [-0.2, -0.15) is 5.10 Å². The predicted octanol–water partition coefficient (Wildman–Crippen LogP) is 1.57. The van der Waals surface area contributed by atoms with Gasteiger partial charge in [0.15, 0.2) is 0 Å². The molecule has 0 amide bonds. The van der Waals surface area contributed by atoms with E-state index >= 15 is 0 Å². The lowest BCUT2D eigenvalue weighted by molar-refractivity contribution is 0.429. The summed E-state index contributed by atoms with van der Waals surface area (Å²) < 4.78 is 1.96. The molecule has 2 heterocycles. The number of aromatic nitrogens is 2. The number of fused-ring (bicyclic) bond motifs is 1. The highest BCUT2D eigenvalue weighted by Crippen LogP contribution is 2.28. The molecule has 0 fully saturated rings. The van der Waals surface area contributed by atoms with Gasteiger partial charge in [-0.1, -0.05) is 0 Å². The highest BCUT2D eigenvalue weighted by Gasteiger charge is 2.20. The summed E-state index contributed by atoms with van der Waals surface area (Å²) in [6.45, 7) is 1.54. The maximum absolute atomic E-state index is 9.29. The number of rotatable bonds is 2. The Bertz CT molecular complexity index is 547. The number of phenols is 1. The smallest absolute Gasteiger partial charge is 0.125 e. The number of aromatic hydroxyl groups is 1. The Balaban J connectivity index is 1.99. The first-order valence-electron chi connectivity index (χ1n) is 6.11. The molecule has 2 aromatic rings. The Morgan fingerprint density at radius 3 is 2.89 bits per heavy atom. The average Bonchev–Trinajstić information content (AvgIpc) is 2.83. The van der Waals surface area contributed by atoms with Gasteiger partial charge in [0.05, 0.1) is 11.7 Å². The zero-order valence-electron chi connectivity index (χ0n) is 10.0. The fraction of sp³-hybridized carbons (Fsp3) is 0.308. The van der Waals surface area contributed by atoms with Gasteiger partial charge in [-0.3, -0.25) is 0 Å². The van der Waals surface area contributed by atoms with E-state index in [9.17, 15) is 5.11 Å². The topological polar surface area (TPSA) is 76.1 Å². The Hall–Kier alpha value is -2.01. The van der Waals surface area contributed by atoms with Crippen LogP contribution < -0.4 is 11.1 Å². The van der Waals surface area contributed by atoms with Crippen molar-refractivity contribution < 1.29 is 5.11 Å². The average molecular weight is 244 g/mol. The van der Waals surface area contributed by atoms with E-state index in [1.165, 1.54) is 0 Å². The quantitative estimate of drug-likeness (QED) is 0.749. The van der Waals surface area contributed by atoms with E-state index in [2.05, 4.69) is 10.4 Å². The van der Waals surface area contributed by atoms with E-state index in [4.69, 9.17) is 5.73 Å². The molecule has 1 atom stereocenters. The van der Waals surface area contributed by atoms with Crippen LogP contribution in [-0.4, -0.2) is 28.0 Å². The van der Waals surface area contributed by atoms with Crippen LogP contribution in [0, 0.1) is 0 Å². The molecule has 0 spiro atoms. The molecule has 0 saturated heterocycles. The summed E-state index contributed by atoms with van der Waals surface area (Å²) >= 11 is 0. The number of benzene rings is 1. The van der Waals surface area contributed by atoms with Crippen molar-refractivity contribution >= 4 is 5.82 Å². The van der Waals surface area contributed by atoms with Crippen LogP contribution in [0.25, 0.3) is 11.3 Å². The molecule has 1 aromatic heterocycles. The highest BCUT2D eigenvalue weighted by atomic mass is 16.3. The maximum Gasteiger partial charge on any atom is 0.125 e. The van der Waals surface area contributed by atoms with Crippen LogP contribution in [0.3, 0.4) is 0 Å². The van der Waals surface area contributed by atoms with Gasteiger partial charge >= 0.3 is 0 Å². The molecule has 4 N–H and O–H groups in total. The molecule has 0 aliphatic carbocycles. The third-order valence-electron chi connectivity index (χ3n) is 3.30. The Kier molecular flexibility index (Phi) is 2.68. The van der Waals surface area contributed by atoms with Crippen LogP contribution in [-0.2, 0) is 0 Å². The van der Waals surface area contributed by atoms with Gasteiger partial charge in [-0.25, -0.2) is 4.68 Å². The molecule has 0 bridgehead atoms.